The van der Waals surface area contributed by atoms with Crippen LogP contribution in [0.25, 0.3) is 16.9 Å². The standard InChI is InChI=1S/C27H28F3N9O2/c1-16(40)34-20-11-21(24(41-5)12-23(20)38(4)9-8-37(2)3)35-26-32-14-18(27(28,29)30)25(36-26)39-15-33-19-10-17(13-31)6-7-22(19)39/h6-7,10-12,14-15H,8-9H2,1-5H3,(H,34,40)(H,32,35,36). The summed E-state index contributed by atoms with van der Waals surface area (Å²) in [5, 5.41) is 14.9. The zero-order chi connectivity index (χ0) is 29.9. The first-order valence-corrected chi connectivity index (χ1v) is 12.4. The average Bonchev–Trinajstić information content (AvgIpc) is 3.34. The number of nitriles is 1. The van der Waals surface area contributed by atoms with Crippen molar-refractivity contribution in [1.29, 1.82) is 5.26 Å². The van der Waals surface area contributed by atoms with Crippen LogP contribution in [-0.4, -0.2) is 71.7 Å². The fraction of sp³-hybridized carbons (Fsp3) is 0.296. The number of fused-ring (bicyclic) bond motifs is 1. The van der Waals surface area contributed by atoms with E-state index in [1.807, 2.05) is 37.0 Å². The summed E-state index contributed by atoms with van der Waals surface area (Å²) in [5.41, 5.74) is 1.37. The summed E-state index contributed by atoms with van der Waals surface area (Å²) in [7, 11) is 7.22. The highest BCUT2D eigenvalue weighted by molar-refractivity contribution is 5.95. The summed E-state index contributed by atoms with van der Waals surface area (Å²) in [6.07, 6.45) is -2.86. The fourth-order valence-electron chi connectivity index (χ4n) is 4.10. The van der Waals surface area contributed by atoms with Crippen molar-refractivity contribution in [3.8, 4) is 17.6 Å². The molecule has 0 aliphatic rings. The molecule has 0 atom stereocenters. The number of hydrogen-bond donors (Lipinski definition) is 2. The van der Waals surface area contributed by atoms with E-state index in [2.05, 4.69) is 25.6 Å². The van der Waals surface area contributed by atoms with Crippen molar-refractivity contribution in [2.75, 3.05) is 56.9 Å². The molecule has 2 heterocycles. The van der Waals surface area contributed by atoms with Gasteiger partial charge in [0.05, 0.1) is 46.8 Å². The van der Waals surface area contributed by atoms with E-state index in [1.54, 1.807) is 12.1 Å². The van der Waals surface area contributed by atoms with Gasteiger partial charge in [-0.05, 0) is 38.4 Å². The molecule has 0 unspecified atom stereocenters. The zero-order valence-electron chi connectivity index (χ0n) is 23.0. The minimum Gasteiger partial charge on any atom is -0.494 e. The maximum absolute atomic E-state index is 14.0. The van der Waals surface area contributed by atoms with Gasteiger partial charge in [-0.25, -0.2) is 9.97 Å². The van der Waals surface area contributed by atoms with Gasteiger partial charge >= 0.3 is 6.18 Å². The Morgan fingerprint density at radius 2 is 1.88 bits per heavy atom. The van der Waals surface area contributed by atoms with E-state index < -0.39 is 17.6 Å². The van der Waals surface area contributed by atoms with E-state index in [-0.39, 0.29) is 11.9 Å². The first-order valence-electron chi connectivity index (χ1n) is 12.4. The monoisotopic (exact) mass is 567 g/mol. The van der Waals surface area contributed by atoms with Gasteiger partial charge in [-0.2, -0.15) is 23.4 Å². The summed E-state index contributed by atoms with van der Waals surface area (Å²) in [6, 6.07) is 9.77. The van der Waals surface area contributed by atoms with Crippen molar-refractivity contribution >= 4 is 40.0 Å². The summed E-state index contributed by atoms with van der Waals surface area (Å²) in [5.74, 6) is -0.552. The number of hydrogen-bond acceptors (Lipinski definition) is 9. The van der Waals surface area contributed by atoms with Crippen molar-refractivity contribution in [3.05, 3.63) is 54.0 Å². The summed E-state index contributed by atoms with van der Waals surface area (Å²) in [6.45, 7) is 2.78. The highest BCUT2D eigenvalue weighted by atomic mass is 19.4. The Kier molecular flexibility index (Phi) is 8.29. The minimum atomic E-state index is -4.76. The zero-order valence-corrected chi connectivity index (χ0v) is 23.0. The molecule has 1 amide bonds. The number of aromatic nitrogens is 4. The van der Waals surface area contributed by atoms with E-state index in [1.165, 1.54) is 43.1 Å². The Bertz CT molecular complexity index is 1630. The number of nitrogens with one attached hydrogen (secondary N) is 2. The Hall–Kier alpha value is -4.90. The molecule has 2 aromatic heterocycles. The number of methoxy groups -OCH3 is 1. The van der Waals surface area contributed by atoms with E-state index in [0.717, 1.165) is 6.54 Å². The molecule has 0 bridgehead atoms. The lowest BCUT2D eigenvalue weighted by atomic mass is 10.2. The molecule has 11 nitrogen and oxygen atoms in total. The van der Waals surface area contributed by atoms with Crippen molar-refractivity contribution < 1.29 is 22.7 Å². The van der Waals surface area contributed by atoms with Crippen molar-refractivity contribution in [3.63, 3.8) is 0 Å². The average molecular weight is 568 g/mol. The lowest BCUT2D eigenvalue weighted by Gasteiger charge is -2.26. The molecular formula is C27H28F3N9O2. The van der Waals surface area contributed by atoms with Gasteiger partial charge in [0, 0.05) is 39.3 Å². The van der Waals surface area contributed by atoms with Crippen LogP contribution < -0.4 is 20.3 Å². The van der Waals surface area contributed by atoms with Gasteiger partial charge in [0.1, 0.15) is 17.6 Å². The molecule has 2 N–H and O–H groups in total. The number of amides is 1. The Balaban J connectivity index is 1.79. The lowest BCUT2D eigenvalue weighted by Crippen LogP contribution is -2.29. The molecule has 0 saturated carbocycles. The third-order valence-electron chi connectivity index (χ3n) is 6.15. The quantitative estimate of drug-likeness (QED) is 0.303. The highest BCUT2D eigenvalue weighted by Gasteiger charge is 2.36. The predicted octanol–water partition coefficient (Wildman–Crippen LogP) is 4.41. The Morgan fingerprint density at radius 1 is 1.12 bits per heavy atom. The molecule has 0 fully saturated rings. The van der Waals surface area contributed by atoms with Crippen molar-refractivity contribution in [2.24, 2.45) is 0 Å². The number of benzene rings is 2. The number of imidazole rings is 1. The van der Waals surface area contributed by atoms with Crippen LogP contribution in [0.3, 0.4) is 0 Å². The van der Waals surface area contributed by atoms with E-state index >= 15 is 0 Å². The highest BCUT2D eigenvalue weighted by Crippen LogP contribution is 2.39. The van der Waals surface area contributed by atoms with Gasteiger partial charge in [-0.1, -0.05) is 0 Å². The molecule has 14 heteroatoms. The van der Waals surface area contributed by atoms with Gasteiger partial charge in [0.15, 0.2) is 5.82 Å². The molecule has 0 spiro atoms. The molecule has 2 aromatic carbocycles. The van der Waals surface area contributed by atoms with E-state index in [9.17, 15) is 18.0 Å². The second-order valence-electron chi connectivity index (χ2n) is 9.46. The van der Waals surface area contributed by atoms with Gasteiger partial charge in [0.2, 0.25) is 11.9 Å². The third-order valence-corrected chi connectivity index (χ3v) is 6.15. The van der Waals surface area contributed by atoms with Crippen LogP contribution in [0.15, 0.2) is 42.9 Å². The number of carbonyl (C=O) groups is 1. The van der Waals surface area contributed by atoms with Crippen molar-refractivity contribution in [2.45, 2.75) is 13.1 Å². The molecule has 4 rings (SSSR count). The number of carbonyl (C=O) groups excluding carboxylic acids is 1. The second-order valence-corrected chi connectivity index (χ2v) is 9.46. The van der Waals surface area contributed by atoms with Crippen LogP contribution in [-0.2, 0) is 11.0 Å². The number of rotatable bonds is 9. The molecule has 0 aliphatic heterocycles. The number of likely N-dealkylation sites (N-methyl/N-ethyl adjacent to an activating group) is 2. The molecule has 214 valence electrons. The third kappa shape index (κ3) is 6.47. The first-order chi connectivity index (χ1) is 19.4. The maximum Gasteiger partial charge on any atom is 0.421 e. The van der Waals surface area contributed by atoms with Gasteiger partial charge in [0.25, 0.3) is 0 Å². The predicted molar refractivity (Wildman–Crippen MR) is 149 cm³/mol. The van der Waals surface area contributed by atoms with Crippen LogP contribution in [0.1, 0.15) is 18.1 Å². The van der Waals surface area contributed by atoms with Gasteiger partial charge < -0.3 is 25.2 Å². The Labute approximate surface area is 234 Å². The van der Waals surface area contributed by atoms with Crippen molar-refractivity contribution in [1.82, 2.24) is 24.4 Å². The summed E-state index contributed by atoms with van der Waals surface area (Å²) in [4.78, 5) is 28.2. The second kappa shape index (κ2) is 11.7. The fourth-order valence-corrected chi connectivity index (χ4v) is 4.10. The van der Waals surface area contributed by atoms with E-state index in [4.69, 9.17) is 10.00 Å². The number of halogens is 3. The van der Waals surface area contributed by atoms with Crippen LogP contribution in [0.4, 0.5) is 36.2 Å². The van der Waals surface area contributed by atoms with Crippen LogP contribution in [0, 0.1) is 11.3 Å². The number of anilines is 4. The van der Waals surface area contributed by atoms with Crippen LogP contribution >= 0.6 is 0 Å². The largest absolute Gasteiger partial charge is 0.494 e. The number of ether oxygens (including phenoxy) is 1. The topological polar surface area (TPSA) is 124 Å². The lowest BCUT2D eigenvalue weighted by molar-refractivity contribution is -0.137. The first kappa shape index (κ1) is 29.1. The molecule has 0 saturated heterocycles. The Morgan fingerprint density at radius 3 is 2.51 bits per heavy atom. The van der Waals surface area contributed by atoms with Crippen LogP contribution in [0.2, 0.25) is 0 Å². The van der Waals surface area contributed by atoms with Gasteiger partial charge in [-0.15, -0.1) is 0 Å². The molecule has 41 heavy (non-hydrogen) atoms. The minimum absolute atomic E-state index is 0.149. The normalized spacial score (nSPS) is 11.4. The number of alkyl halides is 3. The van der Waals surface area contributed by atoms with Gasteiger partial charge in [-0.3, -0.25) is 9.36 Å². The molecule has 4 aromatic rings. The maximum atomic E-state index is 14.0. The van der Waals surface area contributed by atoms with Crippen LogP contribution in [0.5, 0.6) is 5.75 Å². The summed E-state index contributed by atoms with van der Waals surface area (Å²) < 4.78 is 48.7. The summed E-state index contributed by atoms with van der Waals surface area (Å²) >= 11 is 0. The molecular weight excluding hydrogens is 539 g/mol. The van der Waals surface area contributed by atoms with E-state index in [0.29, 0.717) is 52.2 Å². The smallest absolute Gasteiger partial charge is 0.421 e. The molecule has 0 aliphatic carbocycles. The number of nitrogens with zero attached hydrogens (tertiary/aromatic N) is 7. The molecule has 0 radical (unpaired) electrons. The SMILES string of the molecule is COc1cc(N(C)CCN(C)C)c(NC(C)=O)cc1Nc1ncc(C(F)(F)F)c(-n2cnc3cc(C#N)ccc32)n1.